The quantitative estimate of drug-likeness (QED) is 0.689. The Labute approximate surface area is 124 Å². The van der Waals surface area contributed by atoms with E-state index >= 15 is 0 Å². The predicted molar refractivity (Wildman–Crippen MR) is 77.2 cm³/mol. The van der Waals surface area contributed by atoms with Crippen molar-refractivity contribution >= 4 is 28.9 Å². The van der Waals surface area contributed by atoms with Gasteiger partial charge in [-0.05, 0) is 25.1 Å². The molecule has 21 heavy (non-hydrogen) atoms. The van der Waals surface area contributed by atoms with E-state index < -0.39 is 16.6 Å². The Balaban J connectivity index is 2.35. The maximum atomic E-state index is 13.4. The van der Waals surface area contributed by atoms with Crippen LogP contribution >= 0.6 is 11.6 Å². The molecule has 0 saturated carbocycles. The Hall–Kier alpha value is -2.47. The largest absolute Gasteiger partial charge is 0.322 e. The second-order valence-electron chi connectivity index (χ2n) is 4.26. The van der Waals surface area contributed by atoms with E-state index in [-0.39, 0.29) is 27.5 Å². The van der Waals surface area contributed by atoms with Crippen molar-refractivity contribution in [1.82, 2.24) is 0 Å². The van der Waals surface area contributed by atoms with Crippen LogP contribution < -0.4 is 5.32 Å². The number of rotatable bonds is 3. The van der Waals surface area contributed by atoms with Gasteiger partial charge >= 0.3 is 0 Å². The van der Waals surface area contributed by atoms with Gasteiger partial charge in [0, 0.05) is 17.3 Å². The van der Waals surface area contributed by atoms with Crippen molar-refractivity contribution in [3.8, 4) is 0 Å². The number of benzene rings is 2. The second kappa shape index (κ2) is 5.88. The first-order valence-corrected chi connectivity index (χ1v) is 6.29. The molecule has 0 bridgehead atoms. The fraction of sp³-hybridized carbons (Fsp3) is 0.0714. The third-order valence-corrected chi connectivity index (χ3v) is 3.33. The lowest BCUT2D eigenvalue weighted by Gasteiger charge is -2.09. The van der Waals surface area contributed by atoms with Gasteiger partial charge in [-0.3, -0.25) is 14.9 Å². The van der Waals surface area contributed by atoms with Crippen LogP contribution in [0.1, 0.15) is 15.9 Å². The van der Waals surface area contributed by atoms with Crippen LogP contribution in [0.25, 0.3) is 0 Å². The van der Waals surface area contributed by atoms with E-state index in [0.717, 1.165) is 0 Å². The van der Waals surface area contributed by atoms with Crippen LogP contribution in [0.3, 0.4) is 0 Å². The zero-order valence-corrected chi connectivity index (χ0v) is 11.6. The number of nitrogens with zero attached hydrogens (tertiary/aromatic N) is 1. The molecule has 0 aromatic heterocycles. The molecule has 2 aromatic rings. The molecule has 0 aliphatic rings. The van der Waals surface area contributed by atoms with Crippen LogP contribution in [0.15, 0.2) is 36.4 Å². The van der Waals surface area contributed by atoms with Gasteiger partial charge < -0.3 is 5.32 Å². The molecule has 0 saturated heterocycles. The van der Waals surface area contributed by atoms with Crippen LogP contribution in [0.2, 0.25) is 5.02 Å². The van der Waals surface area contributed by atoms with Crippen LogP contribution in [0.4, 0.5) is 15.8 Å². The molecular formula is C14H10ClFN2O3. The van der Waals surface area contributed by atoms with Gasteiger partial charge in [-0.25, -0.2) is 4.39 Å². The highest BCUT2D eigenvalue weighted by atomic mass is 35.5. The first-order chi connectivity index (χ1) is 9.91. The average molecular weight is 309 g/mol. The lowest BCUT2D eigenvalue weighted by molar-refractivity contribution is -0.384. The molecule has 0 radical (unpaired) electrons. The summed E-state index contributed by atoms with van der Waals surface area (Å²) in [7, 11) is 0. The highest BCUT2D eigenvalue weighted by Crippen LogP contribution is 2.28. The summed E-state index contributed by atoms with van der Waals surface area (Å²) in [6.45, 7) is 1.51. The average Bonchev–Trinajstić information content (AvgIpc) is 2.43. The molecule has 2 rings (SSSR count). The molecule has 0 atom stereocenters. The molecule has 0 spiro atoms. The fourth-order valence-electron chi connectivity index (χ4n) is 1.77. The topological polar surface area (TPSA) is 72.2 Å². The van der Waals surface area contributed by atoms with E-state index in [2.05, 4.69) is 5.32 Å². The summed E-state index contributed by atoms with van der Waals surface area (Å²) < 4.78 is 13.4. The number of hydrogen-bond donors (Lipinski definition) is 1. The molecule has 1 N–H and O–H groups in total. The Morgan fingerprint density at radius 1 is 1.29 bits per heavy atom. The molecule has 2 aromatic carbocycles. The van der Waals surface area contributed by atoms with Crippen LogP contribution in [-0.4, -0.2) is 10.8 Å². The lowest BCUT2D eigenvalue weighted by Crippen LogP contribution is -2.14. The summed E-state index contributed by atoms with van der Waals surface area (Å²) in [6.07, 6.45) is 0. The molecule has 0 aliphatic heterocycles. The Kier molecular flexibility index (Phi) is 4.18. The van der Waals surface area contributed by atoms with E-state index in [1.165, 1.54) is 43.3 Å². The Morgan fingerprint density at radius 3 is 2.62 bits per heavy atom. The molecule has 0 fully saturated rings. The summed E-state index contributed by atoms with van der Waals surface area (Å²) in [5, 5.41) is 13.0. The van der Waals surface area contributed by atoms with Crippen molar-refractivity contribution in [3.63, 3.8) is 0 Å². The van der Waals surface area contributed by atoms with Crippen LogP contribution in [0.5, 0.6) is 0 Å². The maximum Gasteiger partial charge on any atom is 0.288 e. The third-order valence-electron chi connectivity index (χ3n) is 2.94. The second-order valence-corrected chi connectivity index (χ2v) is 4.64. The minimum Gasteiger partial charge on any atom is -0.322 e. The zero-order chi connectivity index (χ0) is 15.6. The molecular weight excluding hydrogens is 299 g/mol. The number of nitrogens with one attached hydrogen (secondary N) is 1. The van der Waals surface area contributed by atoms with Crippen molar-refractivity contribution < 1.29 is 14.1 Å². The van der Waals surface area contributed by atoms with Gasteiger partial charge in [0.1, 0.15) is 10.8 Å². The van der Waals surface area contributed by atoms with Gasteiger partial charge in [0.15, 0.2) is 0 Å². The fourth-order valence-corrected chi connectivity index (χ4v) is 2.05. The summed E-state index contributed by atoms with van der Waals surface area (Å²) in [4.78, 5) is 22.3. The number of anilines is 1. The molecule has 5 nitrogen and oxygen atoms in total. The van der Waals surface area contributed by atoms with E-state index in [9.17, 15) is 19.3 Å². The van der Waals surface area contributed by atoms with Crippen molar-refractivity contribution in [2.75, 3.05) is 5.32 Å². The number of carbonyl (C=O) groups excluding carboxylic acids is 1. The number of nitro groups is 1. The molecule has 1 amide bonds. The van der Waals surface area contributed by atoms with Gasteiger partial charge in [0.05, 0.1) is 10.5 Å². The van der Waals surface area contributed by atoms with Gasteiger partial charge in [-0.1, -0.05) is 23.7 Å². The number of nitro benzene ring substituents is 1. The standard InChI is InChI=1S/C14H10ClFN2O3/c1-8-10(16)5-3-6-11(8)17-14(19)9-4-2-7-12(13(9)15)18(20)21/h2-7H,1H3,(H,17,19). The molecule has 0 heterocycles. The third kappa shape index (κ3) is 3.00. The number of carbonyl (C=O) groups is 1. The smallest absolute Gasteiger partial charge is 0.288 e. The van der Waals surface area contributed by atoms with Gasteiger partial charge in [0.2, 0.25) is 0 Å². The Bertz CT molecular complexity index is 734. The summed E-state index contributed by atoms with van der Waals surface area (Å²) in [5.41, 5.74) is 0.143. The number of amides is 1. The van der Waals surface area contributed by atoms with E-state index in [1.54, 1.807) is 0 Å². The number of halogens is 2. The normalized spacial score (nSPS) is 10.2. The van der Waals surface area contributed by atoms with Gasteiger partial charge in [-0.2, -0.15) is 0 Å². The monoisotopic (exact) mass is 308 g/mol. The first kappa shape index (κ1) is 14.9. The van der Waals surface area contributed by atoms with E-state index in [4.69, 9.17) is 11.6 Å². The lowest BCUT2D eigenvalue weighted by atomic mass is 10.1. The Morgan fingerprint density at radius 2 is 1.95 bits per heavy atom. The van der Waals surface area contributed by atoms with Gasteiger partial charge in [0.25, 0.3) is 11.6 Å². The summed E-state index contributed by atoms with van der Waals surface area (Å²) >= 11 is 5.86. The SMILES string of the molecule is Cc1c(F)cccc1NC(=O)c1cccc([N+](=O)[O-])c1Cl. The van der Waals surface area contributed by atoms with E-state index in [1.807, 2.05) is 0 Å². The molecule has 108 valence electrons. The van der Waals surface area contributed by atoms with Crippen molar-refractivity contribution in [1.29, 1.82) is 0 Å². The molecule has 0 aliphatic carbocycles. The minimum atomic E-state index is -0.674. The first-order valence-electron chi connectivity index (χ1n) is 5.91. The number of hydrogen-bond acceptors (Lipinski definition) is 3. The highest BCUT2D eigenvalue weighted by Gasteiger charge is 2.20. The highest BCUT2D eigenvalue weighted by molar-refractivity contribution is 6.36. The minimum absolute atomic E-state index is 0.0467. The van der Waals surface area contributed by atoms with Crippen molar-refractivity contribution in [2.45, 2.75) is 6.92 Å². The maximum absolute atomic E-state index is 13.4. The summed E-state index contributed by atoms with van der Waals surface area (Å²) in [5.74, 6) is -1.10. The molecule has 7 heteroatoms. The van der Waals surface area contributed by atoms with E-state index in [0.29, 0.717) is 0 Å². The summed E-state index contributed by atoms with van der Waals surface area (Å²) in [6, 6.07) is 8.17. The van der Waals surface area contributed by atoms with Crippen LogP contribution in [0, 0.1) is 22.9 Å². The van der Waals surface area contributed by atoms with Crippen molar-refractivity contribution in [3.05, 3.63) is 68.5 Å². The van der Waals surface area contributed by atoms with Gasteiger partial charge in [-0.15, -0.1) is 0 Å². The molecule has 0 unspecified atom stereocenters. The van der Waals surface area contributed by atoms with Crippen molar-refractivity contribution in [2.24, 2.45) is 0 Å². The predicted octanol–water partition coefficient (Wildman–Crippen LogP) is 3.95. The van der Waals surface area contributed by atoms with Crippen LogP contribution in [-0.2, 0) is 0 Å². The zero-order valence-electron chi connectivity index (χ0n) is 10.9.